The van der Waals surface area contributed by atoms with Crippen molar-refractivity contribution in [1.82, 2.24) is 4.90 Å². The van der Waals surface area contributed by atoms with Crippen molar-refractivity contribution in [2.45, 2.75) is 86.5 Å². The quantitative estimate of drug-likeness (QED) is 0.397. The number of nitrogens with zero attached hydrogens (tertiary/aromatic N) is 1. The largest absolute Gasteiger partial charge is 0.396 e. The summed E-state index contributed by atoms with van der Waals surface area (Å²) in [6.45, 7) is 12.8. The minimum absolute atomic E-state index is 0. The molecule has 6 aliphatic rings. The van der Waals surface area contributed by atoms with Crippen molar-refractivity contribution in [2.75, 3.05) is 13.2 Å². The fraction of sp³-hybridized carbons (Fsp3) is 0.875. The van der Waals surface area contributed by atoms with Gasteiger partial charge >= 0.3 is 0 Å². The molecule has 1 radical (unpaired) electrons. The second-order valence-electron chi connectivity index (χ2n) is 14.6. The van der Waals surface area contributed by atoms with Gasteiger partial charge in [0.1, 0.15) is 11.6 Å². The van der Waals surface area contributed by atoms with E-state index in [1.54, 1.807) is 0 Å². The normalized spacial score (nSPS) is 43.2. The predicted octanol–water partition coefficient (Wildman–Crippen LogP) is 4.77. The Balaban J connectivity index is 0.00000353. The van der Waals surface area contributed by atoms with Gasteiger partial charge in [-0.1, -0.05) is 34.6 Å². The summed E-state index contributed by atoms with van der Waals surface area (Å²) in [5.41, 5.74) is -0.391. The molecule has 5 aliphatic carbocycles. The van der Waals surface area contributed by atoms with Crippen molar-refractivity contribution in [2.24, 2.45) is 76.4 Å². The average Bonchev–Trinajstić information content (AvgIpc) is 3.51. The van der Waals surface area contributed by atoms with Gasteiger partial charge in [-0.15, -0.1) is 0 Å². The third-order valence-corrected chi connectivity index (χ3v) is 11.9. The molecule has 39 heavy (non-hydrogen) atoms. The molecule has 2 amide bonds. The molecule has 215 valence electrons. The summed E-state index contributed by atoms with van der Waals surface area (Å²) in [5.74, 6) is 2.76. The molecule has 12 atom stereocenters. The summed E-state index contributed by atoms with van der Waals surface area (Å²) in [4.78, 5) is 55.1. The van der Waals surface area contributed by atoms with Gasteiger partial charge in [0, 0.05) is 75.5 Å². The van der Waals surface area contributed by atoms with Crippen LogP contribution in [0.4, 0.5) is 0 Å². The van der Waals surface area contributed by atoms with E-state index < -0.39 is 5.41 Å². The van der Waals surface area contributed by atoms with Crippen molar-refractivity contribution in [3.05, 3.63) is 0 Å². The summed E-state index contributed by atoms with van der Waals surface area (Å²) in [7, 11) is 0. The number of fused-ring (bicyclic) bond motifs is 5. The molecule has 6 rings (SSSR count). The Hall–Kier alpha value is -0.456. The van der Waals surface area contributed by atoms with Crippen LogP contribution >= 0.6 is 0 Å². The number of carbonyl (C=O) groups is 4. The minimum Gasteiger partial charge on any atom is -0.396 e. The molecule has 0 aromatic carbocycles. The molecule has 1 N–H and O–H groups in total. The molecular formula is C32H49NO5Y. The summed E-state index contributed by atoms with van der Waals surface area (Å²) in [6.07, 6.45) is 5.93. The molecule has 6 fully saturated rings. The van der Waals surface area contributed by atoms with E-state index >= 15 is 0 Å². The van der Waals surface area contributed by atoms with Gasteiger partial charge in [0.2, 0.25) is 11.8 Å². The van der Waals surface area contributed by atoms with Gasteiger partial charge in [-0.25, -0.2) is 0 Å². The molecule has 7 heteroatoms. The average molecular weight is 617 g/mol. The first-order valence-corrected chi connectivity index (χ1v) is 15.4. The molecule has 1 aliphatic heterocycles. The van der Waals surface area contributed by atoms with Gasteiger partial charge in [-0.2, -0.15) is 0 Å². The Labute approximate surface area is 260 Å². The van der Waals surface area contributed by atoms with Gasteiger partial charge in [0.25, 0.3) is 0 Å². The zero-order valence-corrected chi connectivity index (χ0v) is 27.7. The molecular weight excluding hydrogens is 567 g/mol. The number of likely N-dealkylation sites (tertiary alicyclic amines) is 1. The topological polar surface area (TPSA) is 91.8 Å². The van der Waals surface area contributed by atoms with E-state index in [1.165, 1.54) is 4.90 Å². The van der Waals surface area contributed by atoms with Gasteiger partial charge in [0.05, 0.1) is 5.92 Å². The van der Waals surface area contributed by atoms with Crippen LogP contribution in [0.3, 0.4) is 0 Å². The van der Waals surface area contributed by atoms with Crippen LogP contribution in [0, 0.1) is 76.4 Å². The number of rotatable bonds is 8. The Morgan fingerprint density at radius 2 is 1.56 bits per heavy atom. The van der Waals surface area contributed by atoms with Crippen LogP contribution in [-0.4, -0.2) is 46.5 Å². The van der Waals surface area contributed by atoms with Crippen LogP contribution in [0.25, 0.3) is 0 Å². The maximum atomic E-state index is 13.8. The summed E-state index contributed by atoms with van der Waals surface area (Å²) in [5, 5.41) is 9.24. The molecule has 1 saturated heterocycles. The van der Waals surface area contributed by atoms with E-state index in [9.17, 15) is 24.3 Å². The second-order valence-corrected chi connectivity index (χ2v) is 14.6. The third-order valence-electron chi connectivity index (χ3n) is 11.9. The van der Waals surface area contributed by atoms with Gasteiger partial charge < -0.3 is 5.11 Å². The molecule has 0 spiro atoms. The Morgan fingerprint density at radius 1 is 0.897 bits per heavy atom. The smallest absolute Gasteiger partial charge is 0.233 e. The summed E-state index contributed by atoms with van der Waals surface area (Å²) in [6, 6.07) is 0. The number of ketones is 2. The zero-order valence-electron chi connectivity index (χ0n) is 24.9. The zero-order chi connectivity index (χ0) is 27.7. The SMILES string of the molecule is CCN1C(=O)C(C)C(C2C3CCC(C(C(=O)C(C)(C)C)C3)C2C2C3CC(C(=O)CCCO)C(C3)C2C)C1=O.[Y]. The Morgan fingerprint density at radius 3 is 2.13 bits per heavy atom. The molecule has 1 heterocycles. The number of hydrogen-bond acceptors (Lipinski definition) is 5. The number of imide groups is 1. The van der Waals surface area contributed by atoms with Crippen LogP contribution < -0.4 is 0 Å². The Bertz CT molecular complexity index is 988. The van der Waals surface area contributed by atoms with E-state index in [2.05, 4.69) is 6.92 Å². The van der Waals surface area contributed by atoms with Gasteiger partial charge in [-0.05, 0) is 92.8 Å². The second kappa shape index (κ2) is 11.7. The molecule has 5 saturated carbocycles. The summed E-state index contributed by atoms with van der Waals surface area (Å²) >= 11 is 0. The van der Waals surface area contributed by atoms with E-state index in [-0.39, 0.29) is 92.6 Å². The molecule has 6 nitrogen and oxygen atoms in total. The monoisotopic (exact) mass is 616 g/mol. The maximum absolute atomic E-state index is 13.8. The molecule has 0 aromatic heterocycles. The standard InChI is InChI=1S/C32H49NO5.Y/c1-7-33-30(37)17(3)26(31(33)38)27-18-10-11-20(23(13-18)29(36)32(4,5)6)28(27)25-16(2)21-14-19(25)15-22(21)24(35)9-8-12-34;/h16-23,25-28,34H,7-15H2,1-6H3;. The number of Topliss-reactive ketones (excluding diaryl/α,β-unsaturated/α-hetero) is 2. The molecule has 4 bridgehead atoms. The van der Waals surface area contributed by atoms with Crippen LogP contribution in [0.15, 0.2) is 0 Å². The van der Waals surface area contributed by atoms with Crippen molar-refractivity contribution in [3.63, 3.8) is 0 Å². The van der Waals surface area contributed by atoms with Crippen molar-refractivity contribution < 1.29 is 57.0 Å². The predicted molar refractivity (Wildman–Crippen MR) is 144 cm³/mol. The van der Waals surface area contributed by atoms with E-state index in [1.807, 2.05) is 34.6 Å². The number of aliphatic hydroxyl groups is 1. The summed E-state index contributed by atoms with van der Waals surface area (Å²) < 4.78 is 0. The van der Waals surface area contributed by atoms with E-state index in [4.69, 9.17) is 0 Å². The third kappa shape index (κ3) is 5.09. The Kier molecular flexibility index (Phi) is 9.42. The minimum atomic E-state index is -0.391. The molecule has 0 aromatic rings. The van der Waals surface area contributed by atoms with E-state index in [0.717, 1.165) is 32.1 Å². The molecule has 12 unspecified atom stereocenters. The number of aliphatic hydroxyl groups excluding tert-OH is 1. The van der Waals surface area contributed by atoms with Crippen molar-refractivity contribution in [1.29, 1.82) is 0 Å². The van der Waals surface area contributed by atoms with Crippen LogP contribution in [-0.2, 0) is 51.9 Å². The maximum Gasteiger partial charge on any atom is 0.233 e. The van der Waals surface area contributed by atoms with Crippen molar-refractivity contribution >= 4 is 23.4 Å². The van der Waals surface area contributed by atoms with Crippen LogP contribution in [0.5, 0.6) is 0 Å². The first-order valence-electron chi connectivity index (χ1n) is 15.4. The van der Waals surface area contributed by atoms with Gasteiger partial charge in [-0.3, -0.25) is 24.1 Å². The van der Waals surface area contributed by atoms with Crippen LogP contribution in [0.1, 0.15) is 86.5 Å². The first-order chi connectivity index (χ1) is 17.9. The van der Waals surface area contributed by atoms with Crippen molar-refractivity contribution in [3.8, 4) is 0 Å². The number of amides is 2. The number of hydrogen-bond donors (Lipinski definition) is 1. The first kappa shape index (κ1) is 31.5. The number of carbonyl (C=O) groups excluding carboxylic acids is 4. The van der Waals surface area contributed by atoms with Crippen LogP contribution in [0.2, 0.25) is 0 Å². The fourth-order valence-corrected chi connectivity index (χ4v) is 10.5. The van der Waals surface area contributed by atoms with E-state index in [0.29, 0.717) is 60.5 Å². The fourth-order valence-electron chi connectivity index (χ4n) is 10.5. The van der Waals surface area contributed by atoms with Gasteiger partial charge in [0.15, 0.2) is 0 Å².